The van der Waals surface area contributed by atoms with Crippen LogP contribution in [0.3, 0.4) is 0 Å². The van der Waals surface area contributed by atoms with Crippen LogP contribution in [-0.2, 0) is 4.74 Å². The van der Waals surface area contributed by atoms with E-state index in [9.17, 15) is 0 Å². The summed E-state index contributed by atoms with van der Waals surface area (Å²) in [4.78, 5) is 0. The Morgan fingerprint density at radius 3 is 2.22 bits per heavy atom. The van der Waals surface area contributed by atoms with Crippen molar-refractivity contribution < 1.29 is 4.74 Å². The monoisotopic (exact) mass is 257 g/mol. The molecule has 2 unspecified atom stereocenters. The molecule has 0 spiro atoms. The SMILES string of the molecule is CCCCCCCC(CCC(C)OC)NCCC. The zero-order valence-electron chi connectivity index (χ0n) is 13.1. The third kappa shape index (κ3) is 11.0. The van der Waals surface area contributed by atoms with Crippen LogP contribution in [0.4, 0.5) is 0 Å². The molecule has 0 heterocycles. The van der Waals surface area contributed by atoms with Crippen molar-refractivity contribution in [3.63, 3.8) is 0 Å². The molecule has 1 N–H and O–H groups in total. The molecule has 0 saturated heterocycles. The first kappa shape index (κ1) is 17.9. The van der Waals surface area contributed by atoms with Crippen molar-refractivity contribution in [2.45, 2.75) is 90.7 Å². The lowest BCUT2D eigenvalue weighted by Crippen LogP contribution is -2.30. The first-order chi connectivity index (χ1) is 8.74. The molecule has 18 heavy (non-hydrogen) atoms. The van der Waals surface area contributed by atoms with E-state index in [0.29, 0.717) is 12.1 Å². The molecule has 2 heteroatoms. The molecule has 0 radical (unpaired) electrons. The van der Waals surface area contributed by atoms with Crippen molar-refractivity contribution in [3.05, 3.63) is 0 Å². The minimum absolute atomic E-state index is 0.399. The number of hydrogen-bond donors (Lipinski definition) is 1. The second kappa shape index (κ2) is 13.4. The van der Waals surface area contributed by atoms with Gasteiger partial charge in [-0.2, -0.15) is 0 Å². The maximum absolute atomic E-state index is 5.33. The lowest BCUT2D eigenvalue weighted by atomic mass is 10.0. The van der Waals surface area contributed by atoms with Crippen LogP contribution in [0.5, 0.6) is 0 Å². The topological polar surface area (TPSA) is 21.3 Å². The molecule has 110 valence electrons. The summed E-state index contributed by atoms with van der Waals surface area (Å²) in [5.74, 6) is 0. The molecule has 2 nitrogen and oxygen atoms in total. The van der Waals surface area contributed by atoms with Crippen molar-refractivity contribution in [1.29, 1.82) is 0 Å². The Kier molecular flexibility index (Phi) is 13.3. The predicted molar refractivity (Wildman–Crippen MR) is 81.2 cm³/mol. The standard InChI is InChI=1S/C16H35NO/c1-5-7-8-9-10-11-16(17-14-6-2)13-12-15(3)18-4/h15-17H,5-14H2,1-4H3. The molecular weight excluding hydrogens is 222 g/mol. The van der Waals surface area contributed by atoms with Gasteiger partial charge in [-0.3, -0.25) is 0 Å². The van der Waals surface area contributed by atoms with Crippen LogP contribution in [-0.4, -0.2) is 25.8 Å². The number of ether oxygens (including phenoxy) is 1. The van der Waals surface area contributed by atoms with Gasteiger partial charge in [0, 0.05) is 13.2 Å². The molecule has 0 aromatic heterocycles. The van der Waals surface area contributed by atoms with E-state index in [1.807, 2.05) is 7.11 Å². The Labute approximate surface area is 115 Å². The Balaban J connectivity index is 3.69. The Morgan fingerprint density at radius 1 is 0.889 bits per heavy atom. The fourth-order valence-corrected chi connectivity index (χ4v) is 2.24. The molecule has 0 aliphatic rings. The fourth-order valence-electron chi connectivity index (χ4n) is 2.24. The second-order valence-corrected chi connectivity index (χ2v) is 5.48. The molecule has 0 aromatic rings. The largest absolute Gasteiger partial charge is 0.382 e. The predicted octanol–water partition coefficient (Wildman–Crippen LogP) is 4.53. The normalized spacial score (nSPS) is 14.7. The number of rotatable bonds is 13. The fraction of sp³-hybridized carbons (Fsp3) is 1.00. The summed E-state index contributed by atoms with van der Waals surface area (Å²) in [6.45, 7) is 7.83. The van der Waals surface area contributed by atoms with Crippen molar-refractivity contribution in [1.82, 2.24) is 5.32 Å². The van der Waals surface area contributed by atoms with E-state index in [1.54, 1.807) is 0 Å². The van der Waals surface area contributed by atoms with Crippen LogP contribution in [0.25, 0.3) is 0 Å². The summed E-state index contributed by atoms with van der Waals surface area (Å²) in [5.41, 5.74) is 0. The van der Waals surface area contributed by atoms with Gasteiger partial charge in [0.05, 0.1) is 6.10 Å². The Bertz CT molecular complexity index is 161. The number of hydrogen-bond acceptors (Lipinski definition) is 2. The first-order valence-corrected chi connectivity index (χ1v) is 8.00. The van der Waals surface area contributed by atoms with Crippen molar-refractivity contribution >= 4 is 0 Å². The van der Waals surface area contributed by atoms with Crippen LogP contribution < -0.4 is 5.32 Å². The van der Waals surface area contributed by atoms with Gasteiger partial charge in [-0.25, -0.2) is 0 Å². The molecule has 0 amide bonds. The Morgan fingerprint density at radius 2 is 1.61 bits per heavy atom. The lowest BCUT2D eigenvalue weighted by molar-refractivity contribution is 0.105. The minimum atomic E-state index is 0.399. The summed E-state index contributed by atoms with van der Waals surface area (Å²) in [6, 6.07) is 0.698. The molecule has 0 rings (SSSR count). The van der Waals surface area contributed by atoms with E-state index in [0.717, 1.165) is 6.54 Å². The molecule has 0 aromatic carbocycles. The van der Waals surface area contributed by atoms with Gasteiger partial charge in [0.15, 0.2) is 0 Å². The molecular formula is C16H35NO. The third-order valence-electron chi connectivity index (χ3n) is 3.66. The van der Waals surface area contributed by atoms with Crippen LogP contribution in [0.1, 0.15) is 78.6 Å². The van der Waals surface area contributed by atoms with Crippen molar-refractivity contribution in [3.8, 4) is 0 Å². The zero-order valence-corrected chi connectivity index (χ0v) is 13.1. The summed E-state index contributed by atoms with van der Waals surface area (Å²) in [7, 11) is 1.81. The highest BCUT2D eigenvalue weighted by Gasteiger charge is 2.09. The highest BCUT2D eigenvalue weighted by atomic mass is 16.5. The van der Waals surface area contributed by atoms with E-state index >= 15 is 0 Å². The van der Waals surface area contributed by atoms with E-state index in [4.69, 9.17) is 4.74 Å². The van der Waals surface area contributed by atoms with Gasteiger partial charge in [0.25, 0.3) is 0 Å². The van der Waals surface area contributed by atoms with Gasteiger partial charge in [-0.1, -0.05) is 46.0 Å². The third-order valence-corrected chi connectivity index (χ3v) is 3.66. The molecule has 0 bridgehead atoms. The van der Waals surface area contributed by atoms with Gasteiger partial charge >= 0.3 is 0 Å². The van der Waals surface area contributed by atoms with Crippen LogP contribution >= 0.6 is 0 Å². The molecule has 0 aliphatic heterocycles. The second-order valence-electron chi connectivity index (χ2n) is 5.48. The quantitative estimate of drug-likeness (QED) is 0.489. The summed E-state index contributed by atoms with van der Waals surface area (Å²) in [6.07, 6.45) is 12.3. The van der Waals surface area contributed by atoms with E-state index in [-0.39, 0.29) is 0 Å². The number of nitrogens with one attached hydrogen (secondary N) is 1. The molecule has 0 saturated carbocycles. The van der Waals surface area contributed by atoms with Gasteiger partial charge in [-0.05, 0) is 39.2 Å². The van der Waals surface area contributed by atoms with Gasteiger partial charge in [0.1, 0.15) is 0 Å². The van der Waals surface area contributed by atoms with Crippen molar-refractivity contribution in [2.24, 2.45) is 0 Å². The van der Waals surface area contributed by atoms with Crippen LogP contribution in [0.2, 0.25) is 0 Å². The minimum Gasteiger partial charge on any atom is -0.382 e. The number of methoxy groups -OCH3 is 1. The Hall–Kier alpha value is -0.0800. The van der Waals surface area contributed by atoms with Crippen LogP contribution in [0, 0.1) is 0 Å². The number of unbranched alkanes of at least 4 members (excludes halogenated alkanes) is 4. The average molecular weight is 257 g/mol. The molecule has 0 fully saturated rings. The van der Waals surface area contributed by atoms with Gasteiger partial charge in [0.2, 0.25) is 0 Å². The average Bonchev–Trinajstić information content (AvgIpc) is 2.40. The zero-order chi connectivity index (χ0) is 13.6. The molecule has 2 atom stereocenters. The van der Waals surface area contributed by atoms with Gasteiger partial charge < -0.3 is 10.1 Å². The van der Waals surface area contributed by atoms with E-state index < -0.39 is 0 Å². The first-order valence-electron chi connectivity index (χ1n) is 8.00. The smallest absolute Gasteiger partial charge is 0.0543 e. The maximum atomic E-state index is 5.33. The van der Waals surface area contributed by atoms with E-state index in [2.05, 4.69) is 26.1 Å². The lowest BCUT2D eigenvalue weighted by Gasteiger charge is -2.20. The van der Waals surface area contributed by atoms with Crippen LogP contribution in [0.15, 0.2) is 0 Å². The maximum Gasteiger partial charge on any atom is 0.0543 e. The summed E-state index contributed by atoms with van der Waals surface area (Å²) >= 11 is 0. The summed E-state index contributed by atoms with van der Waals surface area (Å²) < 4.78 is 5.33. The van der Waals surface area contributed by atoms with Gasteiger partial charge in [-0.15, -0.1) is 0 Å². The van der Waals surface area contributed by atoms with Crippen molar-refractivity contribution in [2.75, 3.05) is 13.7 Å². The van der Waals surface area contributed by atoms with E-state index in [1.165, 1.54) is 57.8 Å². The summed E-state index contributed by atoms with van der Waals surface area (Å²) in [5, 5.41) is 3.68. The highest BCUT2D eigenvalue weighted by molar-refractivity contribution is 4.68. The highest BCUT2D eigenvalue weighted by Crippen LogP contribution is 2.12. The molecule has 0 aliphatic carbocycles.